The first kappa shape index (κ1) is 18.2. The van der Waals surface area contributed by atoms with Gasteiger partial charge in [-0.3, -0.25) is 9.69 Å². The number of nitrogens with zero attached hydrogens (tertiary/aromatic N) is 1. The Morgan fingerprint density at radius 1 is 1.44 bits per heavy atom. The summed E-state index contributed by atoms with van der Waals surface area (Å²) in [6.07, 6.45) is -2.86. The molecule has 2 saturated heterocycles. The fraction of sp³-hybridized carbons (Fsp3) is 0.588. The summed E-state index contributed by atoms with van der Waals surface area (Å²) in [4.78, 5) is 14.1. The molecule has 0 aromatic heterocycles. The largest absolute Gasteiger partial charge is 0.416 e. The van der Waals surface area contributed by atoms with Gasteiger partial charge in [-0.05, 0) is 37.5 Å². The zero-order valence-electron chi connectivity index (χ0n) is 13.7. The van der Waals surface area contributed by atoms with Crippen LogP contribution in [0.4, 0.5) is 18.9 Å². The van der Waals surface area contributed by atoms with E-state index < -0.39 is 23.4 Å². The fourth-order valence-electron chi connectivity index (χ4n) is 3.55. The van der Waals surface area contributed by atoms with Gasteiger partial charge in [0, 0.05) is 25.4 Å². The van der Waals surface area contributed by atoms with Gasteiger partial charge < -0.3 is 15.2 Å². The molecule has 5 nitrogen and oxygen atoms in total. The second kappa shape index (κ2) is 6.93. The first-order chi connectivity index (χ1) is 11.8. The van der Waals surface area contributed by atoms with Gasteiger partial charge in [0.25, 0.3) is 0 Å². The number of hydrogen-bond donors (Lipinski definition) is 2. The van der Waals surface area contributed by atoms with Crippen LogP contribution in [0.1, 0.15) is 24.8 Å². The van der Waals surface area contributed by atoms with E-state index in [4.69, 9.17) is 4.74 Å². The number of carbonyl (C=O) groups excluding carboxylic acids is 1. The number of likely N-dealkylation sites (tertiary alicyclic amines) is 1. The third-order valence-corrected chi connectivity index (χ3v) is 4.79. The number of halogens is 3. The lowest BCUT2D eigenvalue weighted by molar-refractivity contribution is -0.138. The zero-order valence-corrected chi connectivity index (χ0v) is 13.7. The molecule has 0 saturated carbocycles. The van der Waals surface area contributed by atoms with E-state index in [1.165, 1.54) is 12.1 Å². The summed E-state index contributed by atoms with van der Waals surface area (Å²) in [5.41, 5.74) is -1.30. The van der Waals surface area contributed by atoms with E-state index in [1.54, 1.807) is 0 Å². The SMILES string of the molecule is O=C(CN1CC[C@H](O)[C@]2(CCCO2)C1)Nc1cccc(C(F)(F)F)c1. The second-order valence-electron chi connectivity index (χ2n) is 6.66. The van der Waals surface area contributed by atoms with Crippen molar-refractivity contribution in [1.82, 2.24) is 4.90 Å². The van der Waals surface area contributed by atoms with Gasteiger partial charge >= 0.3 is 6.18 Å². The van der Waals surface area contributed by atoms with E-state index in [-0.39, 0.29) is 18.1 Å². The van der Waals surface area contributed by atoms with Crippen LogP contribution in [0.3, 0.4) is 0 Å². The van der Waals surface area contributed by atoms with Crippen LogP contribution in [-0.4, -0.2) is 53.9 Å². The molecular weight excluding hydrogens is 337 g/mol. The number of aliphatic hydroxyl groups is 1. The summed E-state index contributed by atoms with van der Waals surface area (Å²) >= 11 is 0. The molecule has 25 heavy (non-hydrogen) atoms. The molecule has 0 radical (unpaired) electrons. The van der Waals surface area contributed by atoms with Crippen molar-refractivity contribution >= 4 is 11.6 Å². The third-order valence-electron chi connectivity index (χ3n) is 4.79. The van der Waals surface area contributed by atoms with Crippen LogP contribution in [0.15, 0.2) is 24.3 Å². The molecule has 1 aromatic rings. The second-order valence-corrected chi connectivity index (χ2v) is 6.66. The van der Waals surface area contributed by atoms with Crippen LogP contribution in [0.25, 0.3) is 0 Å². The number of carbonyl (C=O) groups is 1. The summed E-state index contributed by atoms with van der Waals surface area (Å²) < 4.78 is 43.9. The highest BCUT2D eigenvalue weighted by molar-refractivity contribution is 5.92. The number of amides is 1. The van der Waals surface area contributed by atoms with Crippen molar-refractivity contribution in [2.45, 2.75) is 37.1 Å². The smallest absolute Gasteiger partial charge is 0.390 e. The molecular formula is C17H21F3N2O3. The van der Waals surface area contributed by atoms with Gasteiger partial charge in [0.2, 0.25) is 5.91 Å². The molecule has 0 bridgehead atoms. The van der Waals surface area contributed by atoms with E-state index in [1.807, 2.05) is 4.90 Å². The number of hydrogen-bond acceptors (Lipinski definition) is 4. The van der Waals surface area contributed by atoms with Crippen LogP contribution < -0.4 is 5.32 Å². The molecule has 1 aromatic carbocycles. The van der Waals surface area contributed by atoms with Crippen LogP contribution in [0.5, 0.6) is 0 Å². The van der Waals surface area contributed by atoms with Crippen molar-refractivity contribution in [2.24, 2.45) is 0 Å². The van der Waals surface area contributed by atoms with Gasteiger partial charge in [0.05, 0.1) is 18.2 Å². The number of benzene rings is 1. The first-order valence-corrected chi connectivity index (χ1v) is 8.30. The monoisotopic (exact) mass is 358 g/mol. The summed E-state index contributed by atoms with van der Waals surface area (Å²) in [6, 6.07) is 4.56. The topological polar surface area (TPSA) is 61.8 Å². The van der Waals surface area contributed by atoms with Crippen molar-refractivity contribution in [3.63, 3.8) is 0 Å². The van der Waals surface area contributed by atoms with Crippen molar-refractivity contribution in [3.8, 4) is 0 Å². The first-order valence-electron chi connectivity index (χ1n) is 8.30. The van der Waals surface area contributed by atoms with Crippen LogP contribution in [0.2, 0.25) is 0 Å². The van der Waals surface area contributed by atoms with Crippen molar-refractivity contribution in [3.05, 3.63) is 29.8 Å². The van der Waals surface area contributed by atoms with Gasteiger partial charge in [-0.25, -0.2) is 0 Å². The van der Waals surface area contributed by atoms with Gasteiger partial charge in [-0.15, -0.1) is 0 Å². The molecule has 2 N–H and O–H groups in total. The maximum Gasteiger partial charge on any atom is 0.416 e. The molecule has 2 heterocycles. The molecule has 8 heteroatoms. The maximum absolute atomic E-state index is 12.7. The van der Waals surface area contributed by atoms with Crippen LogP contribution in [-0.2, 0) is 15.7 Å². The summed E-state index contributed by atoms with van der Waals surface area (Å²) in [6.45, 7) is 1.64. The van der Waals surface area contributed by atoms with Crippen molar-refractivity contribution in [1.29, 1.82) is 0 Å². The fourth-order valence-corrected chi connectivity index (χ4v) is 3.55. The number of piperidine rings is 1. The maximum atomic E-state index is 12.7. The van der Waals surface area contributed by atoms with E-state index in [0.717, 1.165) is 25.0 Å². The van der Waals surface area contributed by atoms with Gasteiger partial charge in [0.1, 0.15) is 5.60 Å². The van der Waals surface area contributed by atoms with Gasteiger partial charge in [-0.2, -0.15) is 13.2 Å². The van der Waals surface area contributed by atoms with Crippen LogP contribution >= 0.6 is 0 Å². The highest BCUT2D eigenvalue weighted by Gasteiger charge is 2.46. The van der Waals surface area contributed by atoms with Crippen LogP contribution in [0, 0.1) is 0 Å². The minimum absolute atomic E-state index is 0.0497. The minimum atomic E-state index is -4.45. The Hall–Kier alpha value is -1.64. The minimum Gasteiger partial charge on any atom is -0.390 e. The Bertz CT molecular complexity index is 630. The number of rotatable bonds is 3. The Kier molecular flexibility index (Phi) is 5.04. The molecule has 2 fully saturated rings. The standard InChI is InChI=1S/C17H21F3N2O3/c18-17(19,20)12-3-1-4-13(9-12)21-15(24)10-22-7-5-14(23)16(11-22)6-2-8-25-16/h1,3-4,9,14,23H,2,5-8,10-11H2,(H,21,24)/t14-,16-/m0/s1. The summed E-state index contributed by atoms with van der Waals surface area (Å²) in [5, 5.41) is 12.7. The predicted molar refractivity (Wildman–Crippen MR) is 85.1 cm³/mol. The molecule has 0 aliphatic carbocycles. The quantitative estimate of drug-likeness (QED) is 0.870. The highest BCUT2D eigenvalue weighted by atomic mass is 19.4. The van der Waals surface area contributed by atoms with E-state index in [0.29, 0.717) is 26.1 Å². The Morgan fingerprint density at radius 2 is 2.24 bits per heavy atom. The normalized spacial score (nSPS) is 27.6. The molecule has 0 unspecified atom stereocenters. The number of aliphatic hydroxyl groups excluding tert-OH is 1. The van der Waals surface area contributed by atoms with Crippen molar-refractivity contribution in [2.75, 3.05) is 31.6 Å². The summed E-state index contributed by atoms with van der Waals surface area (Å²) in [7, 11) is 0. The predicted octanol–water partition coefficient (Wildman–Crippen LogP) is 2.26. The number of ether oxygens (including phenoxy) is 1. The Morgan fingerprint density at radius 3 is 2.92 bits per heavy atom. The van der Waals surface area contributed by atoms with Gasteiger partial charge in [0.15, 0.2) is 0 Å². The van der Waals surface area contributed by atoms with Gasteiger partial charge in [-0.1, -0.05) is 6.07 Å². The average molecular weight is 358 g/mol. The number of alkyl halides is 3. The molecule has 138 valence electrons. The molecule has 2 atom stereocenters. The zero-order chi connectivity index (χ0) is 18.1. The lowest BCUT2D eigenvalue weighted by Crippen LogP contribution is -2.57. The summed E-state index contributed by atoms with van der Waals surface area (Å²) in [5.74, 6) is -0.385. The lowest BCUT2D eigenvalue weighted by Gasteiger charge is -2.42. The molecule has 2 aliphatic heterocycles. The number of anilines is 1. The van der Waals surface area contributed by atoms with E-state index >= 15 is 0 Å². The Balaban J connectivity index is 1.59. The highest BCUT2D eigenvalue weighted by Crippen LogP contribution is 2.35. The Labute approximate surface area is 143 Å². The van der Waals surface area contributed by atoms with E-state index in [9.17, 15) is 23.1 Å². The lowest BCUT2D eigenvalue weighted by atomic mass is 9.87. The van der Waals surface area contributed by atoms with Crippen molar-refractivity contribution < 1.29 is 27.8 Å². The number of nitrogens with one attached hydrogen (secondary N) is 1. The molecule has 1 amide bonds. The molecule has 3 rings (SSSR count). The molecule has 2 aliphatic rings. The third kappa shape index (κ3) is 4.13. The average Bonchev–Trinajstić information content (AvgIpc) is 3.00. The molecule has 1 spiro atoms. The van der Waals surface area contributed by atoms with E-state index in [2.05, 4.69) is 5.32 Å².